The summed E-state index contributed by atoms with van der Waals surface area (Å²) in [6.07, 6.45) is 2.41. The number of fused-ring (bicyclic) bond motifs is 5. The van der Waals surface area contributed by atoms with Crippen LogP contribution in [-0.2, 0) is 0 Å². The van der Waals surface area contributed by atoms with E-state index < -0.39 is 0 Å². The van der Waals surface area contributed by atoms with Crippen molar-refractivity contribution in [2.45, 2.75) is 25.8 Å². The van der Waals surface area contributed by atoms with E-state index in [1.165, 1.54) is 12.8 Å². The number of pyridine rings is 1. The van der Waals surface area contributed by atoms with Crippen LogP contribution in [0.25, 0.3) is 10.9 Å². The summed E-state index contributed by atoms with van der Waals surface area (Å²) < 4.78 is 0. The molecule has 2 aromatic rings. The summed E-state index contributed by atoms with van der Waals surface area (Å²) in [4.78, 5) is 22.3. The van der Waals surface area contributed by atoms with Crippen LogP contribution in [0.2, 0.25) is 5.02 Å². The molecule has 24 heavy (non-hydrogen) atoms. The van der Waals surface area contributed by atoms with E-state index in [9.17, 15) is 4.79 Å². The van der Waals surface area contributed by atoms with Crippen LogP contribution < -0.4 is 0 Å². The van der Waals surface area contributed by atoms with E-state index in [2.05, 4.69) is 16.9 Å². The van der Waals surface area contributed by atoms with Gasteiger partial charge in [-0.15, -0.1) is 0 Å². The number of piperidine rings is 1. The Hall–Kier alpha value is -1.65. The highest BCUT2D eigenvalue weighted by atomic mass is 35.5. The maximum atomic E-state index is 13.3. The quantitative estimate of drug-likeness (QED) is 0.796. The van der Waals surface area contributed by atoms with Crippen LogP contribution in [0, 0.1) is 12.8 Å². The Bertz CT molecular complexity index is 807. The van der Waals surface area contributed by atoms with Crippen LogP contribution in [0.4, 0.5) is 0 Å². The molecule has 2 atom stereocenters. The minimum absolute atomic E-state index is 0.111. The molecule has 5 heteroatoms. The van der Waals surface area contributed by atoms with E-state index in [4.69, 9.17) is 11.6 Å². The van der Waals surface area contributed by atoms with E-state index in [1.54, 1.807) is 0 Å². The van der Waals surface area contributed by atoms with Gasteiger partial charge in [0.15, 0.2) is 0 Å². The van der Waals surface area contributed by atoms with Gasteiger partial charge in [-0.25, -0.2) is 0 Å². The number of likely N-dealkylation sites (N-methyl/N-ethyl adjacent to an activating group) is 1. The van der Waals surface area contributed by atoms with E-state index in [0.29, 0.717) is 17.0 Å². The van der Waals surface area contributed by atoms with Crippen molar-refractivity contribution in [3.8, 4) is 0 Å². The molecule has 0 unspecified atom stereocenters. The molecule has 0 aliphatic carbocycles. The van der Waals surface area contributed by atoms with Crippen molar-refractivity contribution in [3.05, 3.63) is 40.5 Å². The molecule has 4 heterocycles. The summed E-state index contributed by atoms with van der Waals surface area (Å²) in [5.41, 5.74) is 2.42. The number of hydrogen-bond donors (Lipinski definition) is 0. The van der Waals surface area contributed by atoms with Crippen LogP contribution in [0.1, 0.15) is 28.9 Å². The highest BCUT2D eigenvalue weighted by Crippen LogP contribution is 2.29. The van der Waals surface area contributed by atoms with E-state index in [0.717, 1.165) is 41.8 Å². The number of carbonyl (C=O) groups excluding carboxylic acids is 1. The third-order valence-corrected chi connectivity index (χ3v) is 5.64. The summed E-state index contributed by atoms with van der Waals surface area (Å²) in [5.74, 6) is 0.690. The predicted molar refractivity (Wildman–Crippen MR) is 96.5 cm³/mol. The highest BCUT2D eigenvalue weighted by Gasteiger charge is 2.35. The fraction of sp³-hybridized carbons (Fsp3) is 0.474. The fourth-order valence-electron chi connectivity index (χ4n) is 4.16. The van der Waals surface area contributed by atoms with Gasteiger partial charge in [0, 0.05) is 41.8 Å². The molecule has 3 aliphatic heterocycles. The van der Waals surface area contributed by atoms with Gasteiger partial charge in [0.2, 0.25) is 0 Å². The molecule has 0 saturated carbocycles. The number of aryl methyl sites for hydroxylation is 1. The van der Waals surface area contributed by atoms with Crippen LogP contribution in [-0.4, -0.2) is 53.4 Å². The molecule has 1 aromatic carbocycles. The SMILES string of the molecule is Cc1cc(C(=O)N2C[C@@H]3CC[C@H](C2)N(C)C3)c2cc(Cl)ccc2n1. The topological polar surface area (TPSA) is 36.4 Å². The third kappa shape index (κ3) is 2.78. The molecule has 3 fully saturated rings. The molecule has 1 aromatic heterocycles. The van der Waals surface area contributed by atoms with Crippen molar-refractivity contribution in [1.29, 1.82) is 0 Å². The van der Waals surface area contributed by atoms with Gasteiger partial charge in [0.1, 0.15) is 0 Å². The zero-order valence-electron chi connectivity index (χ0n) is 14.1. The Morgan fingerprint density at radius 3 is 2.83 bits per heavy atom. The molecule has 126 valence electrons. The van der Waals surface area contributed by atoms with Gasteiger partial charge in [0.25, 0.3) is 5.91 Å². The van der Waals surface area contributed by atoms with Crippen molar-refractivity contribution in [2.24, 2.45) is 5.92 Å². The first-order valence-corrected chi connectivity index (χ1v) is 8.95. The summed E-state index contributed by atoms with van der Waals surface area (Å²) in [6, 6.07) is 7.95. The lowest BCUT2D eigenvalue weighted by molar-refractivity contribution is 0.0744. The van der Waals surface area contributed by atoms with Gasteiger partial charge < -0.3 is 9.80 Å². The molecule has 0 spiro atoms. The number of amides is 1. The monoisotopic (exact) mass is 343 g/mol. The maximum Gasteiger partial charge on any atom is 0.254 e. The lowest BCUT2D eigenvalue weighted by atomic mass is 9.96. The number of carbonyl (C=O) groups is 1. The van der Waals surface area contributed by atoms with Crippen molar-refractivity contribution >= 4 is 28.4 Å². The van der Waals surface area contributed by atoms with E-state index in [-0.39, 0.29) is 5.91 Å². The minimum atomic E-state index is 0.111. The lowest BCUT2D eigenvalue weighted by Crippen LogP contribution is -2.42. The summed E-state index contributed by atoms with van der Waals surface area (Å²) in [5, 5.41) is 1.49. The number of aromatic nitrogens is 1. The highest BCUT2D eigenvalue weighted by molar-refractivity contribution is 6.31. The normalized spacial score (nSPS) is 24.4. The Balaban J connectivity index is 1.74. The molecule has 1 amide bonds. The molecule has 2 bridgehead atoms. The fourth-order valence-corrected chi connectivity index (χ4v) is 4.33. The van der Waals surface area contributed by atoms with Crippen molar-refractivity contribution in [2.75, 3.05) is 26.7 Å². The van der Waals surface area contributed by atoms with E-state index >= 15 is 0 Å². The van der Waals surface area contributed by atoms with Crippen LogP contribution >= 0.6 is 11.6 Å². The average Bonchev–Trinajstić information content (AvgIpc) is 2.85. The molecular formula is C19H22ClN3O. The average molecular weight is 344 g/mol. The molecule has 3 aliphatic rings. The first-order chi connectivity index (χ1) is 11.5. The maximum absolute atomic E-state index is 13.3. The van der Waals surface area contributed by atoms with Gasteiger partial charge >= 0.3 is 0 Å². The second-order valence-corrected chi connectivity index (χ2v) is 7.66. The van der Waals surface area contributed by atoms with Crippen LogP contribution in [0.15, 0.2) is 24.3 Å². The second kappa shape index (κ2) is 6.01. The smallest absolute Gasteiger partial charge is 0.254 e. The summed E-state index contributed by atoms with van der Waals surface area (Å²) >= 11 is 6.16. The number of benzene rings is 1. The zero-order chi connectivity index (χ0) is 16.8. The summed E-state index contributed by atoms with van der Waals surface area (Å²) in [6.45, 7) is 4.69. The molecule has 0 radical (unpaired) electrons. The Morgan fingerprint density at radius 2 is 2.04 bits per heavy atom. The van der Waals surface area contributed by atoms with Gasteiger partial charge in [-0.3, -0.25) is 9.78 Å². The summed E-state index contributed by atoms with van der Waals surface area (Å²) in [7, 11) is 2.18. The lowest BCUT2D eigenvalue weighted by Gasteiger charge is -2.32. The van der Waals surface area contributed by atoms with Gasteiger partial charge in [0.05, 0.1) is 11.1 Å². The van der Waals surface area contributed by atoms with Crippen molar-refractivity contribution in [3.63, 3.8) is 0 Å². The van der Waals surface area contributed by atoms with Gasteiger partial charge in [-0.2, -0.15) is 0 Å². The number of rotatable bonds is 1. The Kier molecular flexibility index (Phi) is 3.97. The Labute approximate surface area is 147 Å². The molecule has 0 N–H and O–H groups in total. The molecular weight excluding hydrogens is 322 g/mol. The van der Waals surface area contributed by atoms with E-state index in [1.807, 2.05) is 36.1 Å². The number of halogens is 1. The molecule has 4 nitrogen and oxygen atoms in total. The second-order valence-electron chi connectivity index (χ2n) is 7.22. The number of hydrogen-bond acceptors (Lipinski definition) is 3. The van der Waals surface area contributed by atoms with Crippen molar-refractivity contribution < 1.29 is 4.79 Å². The first-order valence-electron chi connectivity index (χ1n) is 8.57. The predicted octanol–water partition coefficient (Wildman–Crippen LogP) is 3.36. The number of nitrogens with zero attached hydrogens (tertiary/aromatic N) is 3. The molecule has 5 rings (SSSR count). The van der Waals surface area contributed by atoms with Gasteiger partial charge in [-0.1, -0.05) is 11.6 Å². The van der Waals surface area contributed by atoms with Crippen molar-refractivity contribution in [1.82, 2.24) is 14.8 Å². The Morgan fingerprint density at radius 1 is 1.21 bits per heavy atom. The zero-order valence-corrected chi connectivity index (χ0v) is 14.9. The third-order valence-electron chi connectivity index (χ3n) is 5.40. The van der Waals surface area contributed by atoms with Crippen LogP contribution in [0.5, 0.6) is 0 Å². The minimum Gasteiger partial charge on any atom is -0.337 e. The van der Waals surface area contributed by atoms with Gasteiger partial charge in [-0.05, 0) is 57.0 Å². The van der Waals surface area contributed by atoms with Crippen LogP contribution in [0.3, 0.4) is 0 Å². The largest absolute Gasteiger partial charge is 0.337 e. The standard InChI is InChI=1S/C19H22ClN3O/c1-12-7-17(16-8-14(20)4-6-18(16)21-12)19(24)23-10-13-3-5-15(11-23)22(2)9-13/h4,6-8,13,15H,3,5,9-11H2,1-2H3/t13-,15-/m1/s1. The first kappa shape index (κ1) is 15.9. The molecule has 3 saturated heterocycles.